The van der Waals surface area contributed by atoms with Crippen molar-refractivity contribution in [2.24, 2.45) is 11.8 Å². The van der Waals surface area contributed by atoms with Crippen molar-refractivity contribution in [2.75, 3.05) is 18.4 Å². The van der Waals surface area contributed by atoms with Crippen molar-refractivity contribution >= 4 is 5.82 Å². The van der Waals surface area contributed by atoms with Gasteiger partial charge in [0, 0.05) is 37.7 Å². The van der Waals surface area contributed by atoms with Gasteiger partial charge in [-0.2, -0.15) is 5.10 Å². The van der Waals surface area contributed by atoms with Crippen molar-refractivity contribution in [3.63, 3.8) is 0 Å². The van der Waals surface area contributed by atoms with Crippen molar-refractivity contribution in [2.45, 2.75) is 45.4 Å². The van der Waals surface area contributed by atoms with Gasteiger partial charge in [0.2, 0.25) is 0 Å². The first-order valence-electron chi connectivity index (χ1n) is 11.1. The summed E-state index contributed by atoms with van der Waals surface area (Å²) in [5.41, 5.74) is 4.61. The summed E-state index contributed by atoms with van der Waals surface area (Å²) in [5, 5.41) is 18.7. The number of fused-ring (bicyclic) bond motifs is 1. The van der Waals surface area contributed by atoms with E-state index in [1.165, 1.54) is 5.56 Å². The zero-order valence-electron chi connectivity index (χ0n) is 18.1. The molecule has 7 heteroatoms. The lowest BCUT2D eigenvalue weighted by molar-refractivity contribution is 0.0735. The van der Waals surface area contributed by atoms with E-state index < -0.39 is 0 Å². The number of nitrogens with one attached hydrogen (secondary N) is 1. The van der Waals surface area contributed by atoms with Crippen molar-refractivity contribution < 1.29 is 5.11 Å². The Kier molecular flexibility index (Phi) is 5.46. The quantitative estimate of drug-likeness (QED) is 0.663. The van der Waals surface area contributed by atoms with Crippen LogP contribution in [0.5, 0.6) is 0 Å². The Morgan fingerprint density at radius 1 is 1.10 bits per heavy atom. The van der Waals surface area contributed by atoms with Crippen LogP contribution < -0.4 is 5.32 Å². The number of aliphatic hydroxyl groups excluding tert-OH is 1. The lowest BCUT2D eigenvalue weighted by atomic mass is 9.77. The zero-order valence-corrected chi connectivity index (χ0v) is 18.1. The first-order chi connectivity index (χ1) is 15.0. The average Bonchev–Trinajstić information content (AvgIpc) is 3.30. The SMILES string of the molecule is Cc1cc(C)n(-c2cccc(CN3C[C@H]4C[C@@H](Nc5cnccn5)[C@H](O)C[C@H]4C3)c2)n1. The van der Waals surface area contributed by atoms with Crippen LogP contribution in [-0.2, 0) is 6.54 Å². The minimum atomic E-state index is -0.349. The standard InChI is InChI=1S/C24H30N6O/c1-16-8-17(2)30(28-16)21-5-3-4-18(9-21)13-29-14-19-10-22(23(31)11-20(19)15-29)27-24-12-25-6-7-26-24/h3-9,12,19-20,22-23,31H,10-11,13-15H2,1-2H3,(H,26,27)/t19-,20+,22-,23-/m1/s1. The highest BCUT2D eigenvalue weighted by Gasteiger charge is 2.41. The summed E-state index contributed by atoms with van der Waals surface area (Å²) < 4.78 is 2.02. The van der Waals surface area contributed by atoms with E-state index >= 15 is 0 Å². The first kappa shape index (κ1) is 20.2. The molecule has 0 bridgehead atoms. The molecule has 31 heavy (non-hydrogen) atoms. The summed E-state index contributed by atoms with van der Waals surface area (Å²) in [6.07, 6.45) is 6.51. The van der Waals surface area contributed by atoms with E-state index in [2.05, 4.69) is 62.5 Å². The summed E-state index contributed by atoms with van der Waals surface area (Å²) in [7, 11) is 0. The maximum Gasteiger partial charge on any atom is 0.144 e. The van der Waals surface area contributed by atoms with Crippen LogP contribution >= 0.6 is 0 Å². The number of anilines is 1. The predicted octanol–water partition coefficient (Wildman–Crippen LogP) is 2.96. The van der Waals surface area contributed by atoms with Gasteiger partial charge in [-0.3, -0.25) is 9.88 Å². The van der Waals surface area contributed by atoms with Crippen LogP contribution in [-0.4, -0.2) is 55.0 Å². The molecule has 0 unspecified atom stereocenters. The zero-order chi connectivity index (χ0) is 21.4. The largest absolute Gasteiger partial charge is 0.391 e. The maximum atomic E-state index is 10.7. The fraction of sp³-hybridized carbons (Fsp3) is 0.458. The Bertz CT molecular complexity index is 1040. The number of aromatic nitrogens is 4. The monoisotopic (exact) mass is 418 g/mol. The number of aliphatic hydroxyl groups is 1. The van der Waals surface area contributed by atoms with Gasteiger partial charge in [-0.05, 0) is 62.3 Å². The molecule has 1 aliphatic heterocycles. The molecule has 0 spiro atoms. The number of rotatable bonds is 5. The Balaban J connectivity index is 1.24. The summed E-state index contributed by atoms with van der Waals surface area (Å²) in [6, 6.07) is 10.8. The summed E-state index contributed by atoms with van der Waals surface area (Å²) in [6.45, 7) is 7.16. The molecule has 2 aromatic heterocycles. The van der Waals surface area contributed by atoms with Gasteiger partial charge in [0.1, 0.15) is 5.82 Å². The van der Waals surface area contributed by atoms with E-state index in [-0.39, 0.29) is 12.1 Å². The average molecular weight is 419 g/mol. The fourth-order valence-electron chi connectivity index (χ4n) is 5.31. The van der Waals surface area contributed by atoms with Crippen LogP contribution in [0.1, 0.15) is 29.8 Å². The van der Waals surface area contributed by atoms with Gasteiger partial charge in [-0.15, -0.1) is 0 Å². The van der Waals surface area contributed by atoms with E-state index in [0.29, 0.717) is 11.8 Å². The number of aryl methyl sites for hydroxylation is 2. The van der Waals surface area contributed by atoms with Crippen LogP contribution in [0.4, 0.5) is 5.82 Å². The van der Waals surface area contributed by atoms with Crippen LogP contribution in [0.3, 0.4) is 0 Å². The van der Waals surface area contributed by atoms with Gasteiger partial charge in [0.05, 0.1) is 29.7 Å². The normalized spacial score (nSPS) is 26.0. The molecule has 2 N–H and O–H groups in total. The third-order valence-corrected chi connectivity index (χ3v) is 6.68. The number of hydrogen-bond acceptors (Lipinski definition) is 6. The highest BCUT2D eigenvalue weighted by Crippen LogP contribution is 2.38. The molecule has 1 saturated carbocycles. The molecule has 0 amide bonds. The smallest absolute Gasteiger partial charge is 0.144 e. The van der Waals surface area contributed by atoms with E-state index in [1.807, 2.05) is 11.6 Å². The Labute approximate surface area is 183 Å². The van der Waals surface area contributed by atoms with Crippen molar-refractivity contribution in [1.82, 2.24) is 24.6 Å². The topological polar surface area (TPSA) is 79.1 Å². The minimum Gasteiger partial charge on any atom is -0.391 e. The predicted molar refractivity (Wildman–Crippen MR) is 120 cm³/mol. The van der Waals surface area contributed by atoms with Gasteiger partial charge in [-0.25, -0.2) is 9.67 Å². The highest BCUT2D eigenvalue weighted by molar-refractivity contribution is 5.37. The molecule has 4 atom stereocenters. The lowest BCUT2D eigenvalue weighted by Crippen LogP contribution is -2.43. The van der Waals surface area contributed by atoms with Gasteiger partial charge in [0.25, 0.3) is 0 Å². The van der Waals surface area contributed by atoms with E-state index in [4.69, 9.17) is 0 Å². The second-order valence-electron chi connectivity index (χ2n) is 9.10. The molecule has 162 valence electrons. The summed E-state index contributed by atoms with van der Waals surface area (Å²) in [4.78, 5) is 11.0. The van der Waals surface area contributed by atoms with Crippen molar-refractivity contribution in [3.8, 4) is 5.69 Å². The van der Waals surface area contributed by atoms with Crippen LogP contribution in [0.15, 0.2) is 48.9 Å². The molecule has 5 rings (SSSR count). The molecule has 3 aromatic rings. The Morgan fingerprint density at radius 2 is 1.94 bits per heavy atom. The van der Waals surface area contributed by atoms with Crippen LogP contribution in [0.2, 0.25) is 0 Å². The molecular formula is C24H30N6O. The molecule has 3 heterocycles. The Morgan fingerprint density at radius 3 is 2.68 bits per heavy atom. The molecule has 1 saturated heterocycles. The molecule has 2 fully saturated rings. The second kappa shape index (κ2) is 8.40. The summed E-state index contributed by atoms with van der Waals surface area (Å²) >= 11 is 0. The highest BCUT2D eigenvalue weighted by atomic mass is 16.3. The lowest BCUT2D eigenvalue weighted by Gasteiger charge is -2.35. The van der Waals surface area contributed by atoms with Gasteiger partial charge >= 0.3 is 0 Å². The first-order valence-corrected chi connectivity index (χ1v) is 11.1. The molecule has 7 nitrogen and oxygen atoms in total. The number of hydrogen-bond donors (Lipinski definition) is 2. The molecule has 2 aliphatic rings. The number of likely N-dealkylation sites (tertiary alicyclic amines) is 1. The van der Waals surface area contributed by atoms with E-state index in [1.54, 1.807) is 18.6 Å². The second-order valence-corrected chi connectivity index (χ2v) is 9.10. The fourth-order valence-corrected chi connectivity index (χ4v) is 5.31. The summed E-state index contributed by atoms with van der Waals surface area (Å²) in [5.74, 6) is 1.88. The molecular weight excluding hydrogens is 388 g/mol. The number of benzene rings is 1. The molecule has 1 aliphatic carbocycles. The van der Waals surface area contributed by atoms with Gasteiger partial charge < -0.3 is 10.4 Å². The Hall–Kier alpha value is -2.77. The minimum absolute atomic E-state index is 0.0345. The van der Waals surface area contributed by atoms with Gasteiger partial charge in [0.15, 0.2) is 0 Å². The van der Waals surface area contributed by atoms with E-state index in [0.717, 1.165) is 55.4 Å². The van der Waals surface area contributed by atoms with E-state index in [9.17, 15) is 5.11 Å². The van der Waals surface area contributed by atoms with Crippen LogP contribution in [0.25, 0.3) is 5.69 Å². The third-order valence-electron chi connectivity index (χ3n) is 6.68. The third kappa shape index (κ3) is 4.34. The number of nitrogens with zero attached hydrogens (tertiary/aromatic N) is 5. The van der Waals surface area contributed by atoms with Crippen molar-refractivity contribution in [3.05, 3.63) is 65.9 Å². The van der Waals surface area contributed by atoms with Crippen LogP contribution in [0, 0.1) is 25.7 Å². The molecule has 0 radical (unpaired) electrons. The van der Waals surface area contributed by atoms with Gasteiger partial charge in [-0.1, -0.05) is 12.1 Å². The maximum absolute atomic E-state index is 10.7. The molecule has 1 aromatic carbocycles. The van der Waals surface area contributed by atoms with Crippen molar-refractivity contribution in [1.29, 1.82) is 0 Å².